The summed E-state index contributed by atoms with van der Waals surface area (Å²) in [5, 5.41) is 5.92. The number of anilines is 1. The molecule has 14 nitrogen and oxygen atoms in total. The first-order valence-electron chi connectivity index (χ1n) is 23.2. The molecule has 0 spiro atoms. The standard InChI is InChI=1S/C51H64N4O10S3.2Na/c1-50(2)45(54(32-16-10-13-21-47(56)53-31-15-9-8-14-30-52)43-28-22-37-35-39(67(60,61)62)24-26-41(37)48(43)50)19-11-6-5-7-12-20-46-51(3,4)49-42-27-25-40(68(63,64)65)36-38(42)23-29-44(49)55(46)33-17-18-34-66(57,58)59;;/h5-7,11-12,19-20,22-29,35-36H,8-10,13-18,21,30-34,52H2,1-4H3,(H3-,53,56,57,58,59,60,61,62,63,64,65);;/q;2*+1/p-2. The number of unbranched alkanes of at least 4 members (excludes halogenated alkanes) is 6. The molecular formula is C51H62N4Na2O10S3. The van der Waals surface area contributed by atoms with Crippen molar-refractivity contribution in [2.75, 3.05) is 36.8 Å². The fourth-order valence-electron chi connectivity index (χ4n) is 9.64. The number of carbonyl (C=O) groups excluding carboxylic acids is 1. The summed E-state index contributed by atoms with van der Waals surface area (Å²) in [4.78, 5) is 14.0. The van der Waals surface area contributed by atoms with Gasteiger partial charge in [0, 0.05) is 66.2 Å². The molecule has 0 unspecified atom stereocenters. The Kier molecular flexibility index (Phi) is 21.5. The average Bonchev–Trinajstić information content (AvgIpc) is 3.62. The molecule has 0 saturated heterocycles. The summed E-state index contributed by atoms with van der Waals surface area (Å²) < 4.78 is 108. The van der Waals surface area contributed by atoms with E-state index in [2.05, 4.69) is 34.7 Å². The van der Waals surface area contributed by atoms with Crippen molar-refractivity contribution in [2.24, 2.45) is 5.73 Å². The molecule has 0 aromatic heterocycles. The van der Waals surface area contributed by atoms with Crippen molar-refractivity contribution in [3.63, 3.8) is 0 Å². The molecule has 4 aromatic carbocycles. The molecule has 19 heteroatoms. The molecule has 0 atom stereocenters. The Hall–Kier alpha value is -3.01. The molecule has 2 aliphatic rings. The number of amides is 1. The number of benzene rings is 4. The van der Waals surface area contributed by atoms with Gasteiger partial charge in [-0.2, -0.15) is 4.58 Å². The smallest absolute Gasteiger partial charge is 0.748 e. The Labute approximate surface area is 458 Å². The summed E-state index contributed by atoms with van der Waals surface area (Å²) in [7, 11) is -13.7. The van der Waals surface area contributed by atoms with Gasteiger partial charge in [0.2, 0.25) is 11.6 Å². The van der Waals surface area contributed by atoms with Gasteiger partial charge in [0.25, 0.3) is 0 Å². The second-order valence-electron chi connectivity index (χ2n) is 18.5. The molecule has 0 saturated carbocycles. The van der Waals surface area contributed by atoms with Crippen LogP contribution in [0.15, 0.2) is 119 Å². The van der Waals surface area contributed by atoms with E-state index >= 15 is 0 Å². The molecule has 366 valence electrons. The van der Waals surface area contributed by atoms with E-state index in [0.29, 0.717) is 49.8 Å². The van der Waals surface area contributed by atoms with Crippen molar-refractivity contribution in [1.29, 1.82) is 0 Å². The van der Waals surface area contributed by atoms with Crippen LogP contribution in [0.25, 0.3) is 21.5 Å². The maximum atomic E-state index is 12.5. The molecule has 2 aliphatic heterocycles. The van der Waals surface area contributed by atoms with Crippen molar-refractivity contribution in [3.8, 4) is 0 Å². The van der Waals surface area contributed by atoms with E-state index in [9.17, 15) is 43.7 Å². The third kappa shape index (κ3) is 14.6. The van der Waals surface area contributed by atoms with Gasteiger partial charge in [-0.25, -0.2) is 25.3 Å². The summed E-state index contributed by atoms with van der Waals surface area (Å²) >= 11 is 0. The minimum Gasteiger partial charge on any atom is -0.748 e. The monoisotopic (exact) mass is 1030 g/mol. The molecule has 4 aromatic rings. The van der Waals surface area contributed by atoms with Crippen LogP contribution < -0.4 is 75.1 Å². The fourth-order valence-corrected chi connectivity index (χ4v) is 11.2. The summed E-state index contributed by atoms with van der Waals surface area (Å²) in [5.41, 5.74) is 10.2. The third-order valence-electron chi connectivity index (χ3n) is 12.9. The maximum Gasteiger partial charge on any atom is 1.00 e. The number of carbonyl (C=O) groups is 1. The molecule has 70 heavy (non-hydrogen) atoms. The first kappa shape index (κ1) is 59.6. The van der Waals surface area contributed by atoms with Crippen molar-refractivity contribution >= 4 is 74.9 Å². The Balaban J connectivity index is 0.00000533. The predicted molar refractivity (Wildman–Crippen MR) is 265 cm³/mol. The minimum absolute atomic E-state index is 0. The van der Waals surface area contributed by atoms with Crippen molar-refractivity contribution < 1.29 is 107 Å². The molecule has 1 amide bonds. The van der Waals surface area contributed by atoms with Gasteiger partial charge in [-0.15, -0.1) is 0 Å². The number of nitrogens with one attached hydrogen (secondary N) is 1. The number of rotatable bonds is 23. The summed E-state index contributed by atoms with van der Waals surface area (Å²) in [6.07, 6.45) is 21.2. The normalized spacial score (nSPS) is 16.2. The van der Waals surface area contributed by atoms with Crippen LogP contribution in [0.2, 0.25) is 0 Å². The molecule has 2 heterocycles. The minimum atomic E-state index is -4.67. The Morgan fingerprint density at radius 1 is 0.671 bits per heavy atom. The van der Waals surface area contributed by atoms with Gasteiger partial charge in [-0.05, 0) is 128 Å². The SMILES string of the molecule is CC1(C)C(/C=C/C=C/C=C/C=C2/N(CCCCS(=O)(=O)[O-])c3ccc4cc(S(=O)(=O)[O-])ccc4c3C2(C)C)=[N+](CCCCCC(=O)NCCCCCCN)c2ccc3cc(S(=O)(=O)[O-])ccc3c21.[Na+].[Na+]. The van der Waals surface area contributed by atoms with Crippen molar-refractivity contribution in [2.45, 2.75) is 113 Å². The van der Waals surface area contributed by atoms with Crippen LogP contribution in [-0.4, -0.2) is 87.0 Å². The van der Waals surface area contributed by atoms with Crippen LogP contribution in [0.3, 0.4) is 0 Å². The molecule has 0 bridgehead atoms. The number of allylic oxidation sites excluding steroid dienone is 8. The van der Waals surface area contributed by atoms with Gasteiger partial charge in [0.15, 0.2) is 5.71 Å². The summed E-state index contributed by atoms with van der Waals surface area (Å²) in [5.74, 6) is -0.413. The van der Waals surface area contributed by atoms with Gasteiger partial charge in [-0.3, -0.25) is 4.79 Å². The molecular weight excluding hydrogens is 971 g/mol. The average molecular weight is 1030 g/mol. The zero-order chi connectivity index (χ0) is 49.5. The zero-order valence-corrected chi connectivity index (χ0v) is 47.7. The van der Waals surface area contributed by atoms with E-state index in [4.69, 9.17) is 5.73 Å². The Bertz CT molecular complexity index is 3060. The Morgan fingerprint density at radius 2 is 1.26 bits per heavy atom. The molecule has 3 N–H and O–H groups in total. The second-order valence-corrected chi connectivity index (χ2v) is 22.8. The summed E-state index contributed by atoms with van der Waals surface area (Å²) in [6, 6.07) is 16.3. The summed E-state index contributed by atoms with van der Waals surface area (Å²) in [6.45, 7) is 10.8. The number of nitrogens with zero attached hydrogens (tertiary/aromatic N) is 2. The predicted octanol–water partition coefficient (Wildman–Crippen LogP) is 2.06. The number of fused-ring (bicyclic) bond motifs is 6. The van der Waals surface area contributed by atoms with Crippen LogP contribution in [-0.2, 0) is 46.0 Å². The quantitative estimate of drug-likeness (QED) is 0.0358. The van der Waals surface area contributed by atoms with Gasteiger partial charge in [0.1, 0.15) is 26.8 Å². The van der Waals surface area contributed by atoms with Gasteiger partial charge in [0.05, 0.1) is 25.3 Å². The first-order valence-corrected chi connectivity index (χ1v) is 27.6. The molecule has 0 aliphatic carbocycles. The number of hydrogen-bond donors (Lipinski definition) is 2. The largest absolute Gasteiger partial charge is 1.00 e. The van der Waals surface area contributed by atoms with E-state index in [-0.39, 0.29) is 81.2 Å². The molecule has 0 radical (unpaired) electrons. The number of hydrogen-bond acceptors (Lipinski definition) is 12. The topological polar surface area (TPSA) is 233 Å². The van der Waals surface area contributed by atoms with E-state index < -0.39 is 46.9 Å². The second kappa shape index (κ2) is 25.3. The van der Waals surface area contributed by atoms with Crippen molar-refractivity contribution in [1.82, 2.24) is 5.32 Å². The van der Waals surface area contributed by atoms with Gasteiger partial charge in [-0.1, -0.05) is 75.3 Å². The van der Waals surface area contributed by atoms with E-state index in [0.717, 1.165) is 89.6 Å². The van der Waals surface area contributed by atoms with E-state index in [1.165, 1.54) is 24.3 Å². The van der Waals surface area contributed by atoms with E-state index in [1.807, 2.05) is 68.5 Å². The fraction of sp³-hybridized carbons (Fsp3) is 0.412. The van der Waals surface area contributed by atoms with Crippen LogP contribution in [0.1, 0.15) is 103 Å². The van der Waals surface area contributed by atoms with Crippen LogP contribution in [0.5, 0.6) is 0 Å². The Morgan fingerprint density at radius 3 is 1.89 bits per heavy atom. The van der Waals surface area contributed by atoms with Gasteiger partial charge >= 0.3 is 59.1 Å². The molecule has 0 fully saturated rings. The zero-order valence-electron chi connectivity index (χ0n) is 41.2. The number of nitrogens with two attached hydrogens (primary N) is 1. The first-order chi connectivity index (χ1) is 32.1. The van der Waals surface area contributed by atoms with Crippen LogP contribution >= 0.6 is 0 Å². The third-order valence-corrected chi connectivity index (χ3v) is 15.4. The van der Waals surface area contributed by atoms with Crippen molar-refractivity contribution in [3.05, 3.63) is 120 Å². The van der Waals surface area contributed by atoms with E-state index in [1.54, 1.807) is 18.2 Å². The molecule has 6 rings (SSSR count). The van der Waals surface area contributed by atoms with Crippen LogP contribution in [0.4, 0.5) is 11.4 Å². The van der Waals surface area contributed by atoms with Crippen LogP contribution in [0, 0.1) is 0 Å². The van der Waals surface area contributed by atoms with Gasteiger partial charge < -0.3 is 29.6 Å². The maximum absolute atomic E-state index is 12.5.